The van der Waals surface area contributed by atoms with Crippen molar-refractivity contribution >= 4 is 5.91 Å². The lowest BCUT2D eigenvalue weighted by molar-refractivity contribution is -0.133. The summed E-state index contributed by atoms with van der Waals surface area (Å²) < 4.78 is 10.8. The first kappa shape index (κ1) is 13.8. The van der Waals surface area contributed by atoms with Gasteiger partial charge in [0.2, 0.25) is 0 Å². The molecule has 19 heavy (non-hydrogen) atoms. The van der Waals surface area contributed by atoms with Crippen LogP contribution in [0.2, 0.25) is 0 Å². The van der Waals surface area contributed by atoms with E-state index in [0.717, 1.165) is 25.1 Å². The molecular weight excluding hydrogens is 244 g/mol. The van der Waals surface area contributed by atoms with Gasteiger partial charge in [-0.2, -0.15) is 0 Å². The molecule has 1 heterocycles. The number of nitrogens with zero attached hydrogens (tertiary/aromatic N) is 1. The standard InChI is InChI=1S/C14H20N2O3/c15-10-12-2-4-13(5-3-12)19-11-14(17)16-6-1-8-18-9-7-16/h2-5H,1,6-11,15H2. The predicted molar refractivity (Wildman–Crippen MR) is 71.8 cm³/mol. The third-order valence-corrected chi connectivity index (χ3v) is 3.10. The molecule has 1 aliphatic rings. The fourth-order valence-corrected chi connectivity index (χ4v) is 1.95. The molecule has 0 bridgehead atoms. The SMILES string of the molecule is NCc1ccc(OCC(=O)N2CCCOCC2)cc1. The van der Waals surface area contributed by atoms with Crippen LogP contribution in [0.25, 0.3) is 0 Å². The summed E-state index contributed by atoms with van der Waals surface area (Å²) in [6.07, 6.45) is 0.886. The van der Waals surface area contributed by atoms with Crippen molar-refractivity contribution < 1.29 is 14.3 Å². The summed E-state index contributed by atoms with van der Waals surface area (Å²) in [4.78, 5) is 13.8. The van der Waals surface area contributed by atoms with Crippen LogP contribution in [-0.2, 0) is 16.1 Å². The van der Waals surface area contributed by atoms with Gasteiger partial charge in [-0.1, -0.05) is 12.1 Å². The van der Waals surface area contributed by atoms with Gasteiger partial charge in [-0.15, -0.1) is 0 Å². The highest BCUT2D eigenvalue weighted by Gasteiger charge is 2.15. The minimum atomic E-state index is 0.00778. The molecule has 1 aliphatic heterocycles. The maximum Gasteiger partial charge on any atom is 0.260 e. The Morgan fingerprint density at radius 2 is 2.05 bits per heavy atom. The average molecular weight is 264 g/mol. The Morgan fingerprint density at radius 1 is 1.26 bits per heavy atom. The number of carbonyl (C=O) groups is 1. The van der Waals surface area contributed by atoms with Gasteiger partial charge in [0.25, 0.3) is 5.91 Å². The molecule has 0 atom stereocenters. The van der Waals surface area contributed by atoms with Crippen molar-refractivity contribution in [1.82, 2.24) is 4.90 Å². The predicted octanol–water partition coefficient (Wildman–Crippen LogP) is 0.773. The normalized spacial score (nSPS) is 15.9. The minimum absolute atomic E-state index is 0.00778. The largest absolute Gasteiger partial charge is 0.484 e. The van der Waals surface area contributed by atoms with E-state index in [1.165, 1.54) is 0 Å². The number of amides is 1. The highest BCUT2D eigenvalue weighted by molar-refractivity contribution is 5.77. The van der Waals surface area contributed by atoms with Crippen LogP contribution in [0.1, 0.15) is 12.0 Å². The number of nitrogens with two attached hydrogens (primary N) is 1. The van der Waals surface area contributed by atoms with Crippen LogP contribution < -0.4 is 10.5 Å². The monoisotopic (exact) mass is 264 g/mol. The minimum Gasteiger partial charge on any atom is -0.484 e. The van der Waals surface area contributed by atoms with Gasteiger partial charge >= 0.3 is 0 Å². The summed E-state index contributed by atoms with van der Waals surface area (Å²) in [5.41, 5.74) is 6.57. The smallest absolute Gasteiger partial charge is 0.260 e. The van der Waals surface area contributed by atoms with E-state index in [9.17, 15) is 4.79 Å². The zero-order valence-corrected chi connectivity index (χ0v) is 11.0. The van der Waals surface area contributed by atoms with Crippen LogP contribution in [0.15, 0.2) is 24.3 Å². The molecule has 2 rings (SSSR count). The Balaban J connectivity index is 1.81. The average Bonchev–Trinajstić information content (AvgIpc) is 2.74. The van der Waals surface area contributed by atoms with Gasteiger partial charge in [-0.05, 0) is 24.1 Å². The van der Waals surface area contributed by atoms with E-state index in [0.29, 0.717) is 25.4 Å². The van der Waals surface area contributed by atoms with E-state index in [2.05, 4.69) is 0 Å². The van der Waals surface area contributed by atoms with Gasteiger partial charge < -0.3 is 20.1 Å². The highest BCUT2D eigenvalue weighted by Crippen LogP contribution is 2.12. The van der Waals surface area contributed by atoms with Crippen LogP contribution in [0.5, 0.6) is 5.75 Å². The Labute approximate surface area is 113 Å². The molecule has 1 amide bonds. The number of ether oxygens (including phenoxy) is 2. The fourth-order valence-electron chi connectivity index (χ4n) is 1.95. The summed E-state index contributed by atoms with van der Waals surface area (Å²) >= 11 is 0. The lowest BCUT2D eigenvalue weighted by atomic mass is 10.2. The summed E-state index contributed by atoms with van der Waals surface area (Å²) in [6, 6.07) is 7.47. The third kappa shape index (κ3) is 4.22. The van der Waals surface area contributed by atoms with Crippen molar-refractivity contribution in [2.24, 2.45) is 5.73 Å². The van der Waals surface area contributed by atoms with Crippen molar-refractivity contribution in [3.8, 4) is 5.75 Å². The Hall–Kier alpha value is -1.59. The molecular formula is C14H20N2O3. The molecule has 5 nitrogen and oxygen atoms in total. The first-order chi connectivity index (χ1) is 9.29. The maximum atomic E-state index is 12.0. The molecule has 1 fully saturated rings. The summed E-state index contributed by atoms with van der Waals surface area (Å²) in [6.45, 7) is 3.31. The zero-order chi connectivity index (χ0) is 13.5. The molecule has 5 heteroatoms. The fraction of sp³-hybridized carbons (Fsp3) is 0.500. The lowest BCUT2D eigenvalue weighted by Crippen LogP contribution is -2.36. The lowest BCUT2D eigenvalue weighted by Gasteiger charge is -2.19. The van der Waals surface area contributed by atoms with Gasteiger partial charge in [-0.25, -0.2) is 0 Å². The second-order valence-electron chi connectivity index (χ2n) is 4.48. The van der Waals surface area contributed by atoms with E-state index < -0.39 is 0 Å². The summed E-state index contributed by atoms with van der Waals surface area (Å²) in [5.74, 6) is 0.699. The van der Waals surface area contributed by atoms with Gasteiger partial charge in [0.15, 0.2) is 6.61 Å². The molecule has 1 saturated heterocycles. The van der Waals surface area contributed by atoms with Gasteiger partial charge in [0, 0.05) is 26.2 Å². The van der Waals surface area contributed by atoms with E-state index in [1.807, 2.05) is 24.3 Å². The molecule has 2 N–H and O–H groups in total. The molecule has 0 aromatic heterocycles. The molecule has 0 unspecified atom stereocenters. The molecule has 0 radical (unpaired) electrons. The van der Waals surface area contributed by atoms with E-state index in [4.69, 9.17) is 15.2 Å². The first-order valence-corrected chi connectivity index (χ1v) is 6.57. The Morgan fingerprint density at radius 3 is 2.79 bits per heavy atom. The summed E-state index contributed by atoms with van der Waals surface area (Å²) in [7, 11) is 0. The van der Waals surface area contributed by atoms with Crippen molar-refractivity contribution in [3.63, 3.8) is 0 Å². The van der Waals surface area contributed by atoms with Crippen molar-refractivity contribution in [2.75, 3.05) is 32.9 Å². The van der Waals surface area contributed by atoms with Crippen LogP contribution >= 0.6 is 0 Å². The Kier molecular flexibility index (Phi) is 5.18. The van der Waals surface area contributed by atoms with Gasteiger partial charge in [0.05, 0.1) is 6.61 Å². The molecule has 104 valence electrons. The molecule has 0 aliphatic carbocycles. The van der Waals surface area contributed by atoms with Crippen LogP contribution in [0.4, 0.5) is 0 Å². The van der Waals surface area contributed by atoms with Gasteiger partial charge in [-0.3, -0.25) is 4.79 Å². The maximum absolute atomic E-state index is 12.0. The van der Waals surface area contributed by atoms with Crippen LogP contribution in [0, 0.1) is 0 Å². The van der Waals surface area contributed by atoms with Crippen LogP contribution in [0.3, 0.4) is 0 Å². The molecule has 1 aromatic carbocycles. The Bertz CT molecular complexity index is 398. The summed E-state index contributed by atoms with van der Waals surface area (Å²) in [5, 5.41) is 0. The zero-order valence-electron chi connectivity index (χ0n) is 11.0. The highest BCUT2D eigenvalue weighted by atomic mass is 16.5. The van der Waals surface area contributed by atoms with Crippen molar-refractivity contribution in [3.05, 3.63) is 29.8 Å². The van der Waals surface area contributed by atoms with E-state index in [-0.39, 0.29) is 12.5 Å². The third-order valence-electron chi connectivity index (χ3n) is 3.10. The number of hydrogen-bond acceptors (Lipinski definition) is 4. The van der Waals surface area contributed by atoms with Crippen molar-refractivity contribution in [2.45, 2.75) is 13.0 Å². The second kappa shape index (κ2) is 7.11. The number of rotatable bonds is 4. The topological polar surface area (TPSA) is 64.8 Å². The molecule has 0 saturated carbocycles. The molecule has 0 spiro atoms. The second-order valence-corrected chi connectivity index (χ2v) is 4.48. The van der Waals surface area contributed by atoms with E-state index in [1.54, 1.807) is 4.90 Å². The molecule has 1 aromatic rings. The number of hydrogen-bond donors (Lipinski definition) is 1. The van der Waals surface area contributed by atoms with Crippen LogP contribution in [-0.4, -0.2) is 43.7 Å². The first-order valence-electron chi connectivity index (χ1n) is 6.57. The quantitative estimate of drug-likeness (QED) is 0.872. The number of carbonyl (C=O) groups excluding carboxylic acids is 1. The van der Waals surface area contributed by atoms with Crippen molar-refractivity contribution in [1.29, 1.82) is 0 Å². The number of benzene rings is 1. The van der Waals surface area contributed by atoms with Gasteiger partial charge in [0.1, 0.15) is 5.75 Å². The van der Waals surface area contributed by atoms with E-state index >= 15 is 0 Å².